The molecule has 0 aliphatic rings. The second-order valence-corrected chi connectivity index (χ2v) is 4.17. The molecule has 0 bridgehead atoms. The van der Waals surface area contributed by atoms with Crippen molar-refractivity contribution in [3.05, 3.63) is 23.0 Å². The van der Waals surface area contributed by atoms with Gasteiger partial charge in [-0.3, -0.25) is 4.98 Å². The van der Waals surface area contributed by atoms with Crippen molar-refractivity contribution in [2.24, 2.45) is 5.73 Å². The number of hydrogen-bond donors (Lipinski definition) is 1. The van der Waals surface area contributed by atoms with E-state index in [1.54, 1.807) is 7.11 Å². The van der Waals surface area contributed by atoms with Gasteiger partial charge in [0.2, 0.25) is 0 Å². The Kier molecular flexibility index (Phi) is 5.38. The second-order valence-electron chi connectivity index (χ2n) is 4.17. The largest absolute Gasteiger partial charge is 0.496 e. The predicted octanol–water partition coefficient (Wildman–Crippen LogP) is 1.61. The first-order chi connectivity index (χ1) is 8.10. The van der Waals surface area contributed by atoms with Crippen molar-refractivity contribution in [1.82, 2.24) is 4.98 Å². The summed E-state index contributed by atoms with van der Waals surface area (Å²) in [6.07, 6.45) is 2.54. The Morgan fingerprint density at radius 3 is 2.71 bits per heavy atom. The van der Waals surface area contributed by atoms with Crippen LogP contribution in [0.25, 0.3) is 0 Å². The van der Waals surface area contributed by atoms with Crippen molar-refractivity contribution in [3.8, 4) is 5.75 Å². The molecule has 1 heterocycles. The molecule has 1 aromatic heterocycles. The van der Waals surface area contributed by atoms with Gasteiger partial charge in [0.05, 0.1) is 13.7 Å². The maximum atomic E-state index is 5.98. The van der Waals surface area contributed by atoms with Crippen LogP contribution in [0.1, 0.15) is 23.7 Å². The van der Waals surface area contributed by atoms with Crippen LogP contribution in [0.3, 0.4) is 0 Å². The molecule has 2 N–H and O–H groups in total. The Bertz CT molecular complexity index is 367. The molecule has 4 heteroatoms. The first-order valence-electron chi connectivity index (χ1n) is 5.92. The summed E-state index contributed by atoms with van der Waals surface area (Å²) >= 11 is 0. The molecule has 96 valence electrons. The molecule has 0 aliphatic carbocycles. The van der Waals surface area contributed by atoms with E-state index in [1.165, 1.54) is 0 Å². The minimum absolute atomic E-state index is 0.0198. The minimum Gasteiger partial charge on any atom is -0.496 e. The standard InChI is InChI=1S/C13H22N2O2/c1-5-17-8-11(14)6-12-10(3)13(16-4)9(2)7-15-12/h7,11H,5-6,8,14H2,1-4H3. The van der Waals surface area contributed by atoms with Gasteiger partial charge < -0.3 is 15.2 Å². The topological polar surface area (TPSA) is 57.4 Å². The third kappa shape index (κ3) is 3.68. The Morgan fingerprint density at radius 2 is 2.12 bits per heavy atom. The predicted molar refractivity (Wildman–Crippen MR) is 68.4 cm³/mol. The van der Waals surface area contributed by atoms with Gasteiger partial charge in [-0.05, 0) is 20.8 Å². The van der Waals surface area contributed by atoms with Gasteiger partial charge in [0.15, 0.2) is 0 Å². The molecule has 1 atom stereocenters. The van der Waals surface area contributed by atoms with Gasteiger partial charge in [0, 0.05) is 42.1 Å². The quantitative estimate of drug-likeness (QED) is 0.818. The van der Waals surface area contributed by atoms with E-state index in [0.29, 0.717) is 19.6 Å². The highest BCUT2D eigenvalue weighted by atomic mass is 16.5. The van der Waals surface area contributed by atoms with Crippen LogP contribution >= 0.6 is 0 Å². The SMILES string of the molecule is CCOCC(N)Cc1ncc(C)c(OC)c1C. The third-order valence-electron chi connectivity index (χ3n) is 2.74. The van der Waals surface area contributed by atoms with Crippen molar-refractivity contribution in [3.63, 3.8) is 0 Å². The summed E-state index contributed by atoms with van der Waals surface area (Å²) in [4.78, 5) is 4.42. The fraction of sp³-hybridized carbons (Fsp3) is 0.615. The lowest BCUT2D eigenvalue weighted by Crippen LogP contribution is -2.29. The molecule has 0 spiro atoms. The lowest BCUT2D eigenvalue weighted by atomic mass is 10.1. The number of nitrogens with zero attached hydrogens (tertiary/aromatic N) is 1. The van der Waals surface area contributed by atoms with Gasteiger partial charge in [0.25, 0.3) is 0 Å². The smallest absolute Gasteiger partial charge is 0.128 e. The van der Waals surface area contributed by atoms with Gasteiger partial charge in [-0.1, -0.05) is 0 Å². The number of pyridine rings is 1. The molecule has 1 unspecified atom stereocenters. The van der Waals surface area contributed by atoms with Gasteiger partial charge in [0.1, 0.15) is 5.75 Å². The Labute approximate surface area is 103 Å². The fourth-order valence-electron chi connectivity index (χ4n) is 1.85. The zero-order chi connectivity index (χ0) is 12.8. The average Bonchev–Trinajstić information content (AvgIpc) is 2.31. The number of hydrogen-bond acceptors (Lipinski definition) is 4. The van der Waals surface area contributed by atoms with E-state index >= 15 is 0 Å². The van der Waals surface area contributed by atoms with E-state index in [-0.39, 0.29) is 6.04 Å². The molecule has 1 rings (SSSR count). The van der Waals surface area contributed by atoms with Crippen molar-refractivity contribution in [2.45, 2.75) is 33.2 Å². The van der Waals surface area contributed by atoms with Crippen LogP contribution in [-0.2, 0) is 11.2 Å². The molecule has 0 amide bonds. The average molecular weight is 238 g/mol. The summed E-state index contributed by atoms with van der Waals surface area (Å²) in [5.74, 6) is 0.901. The van der Waals surface area contributed by atoms with Gasteiger partial charge in [-0.15, -0.1) is 0 Å². The van der Waals surface area contributed by atoms with E-state index in [0.717, 1.165) is 22.6 Å². The van der Waals surface area contributed by atoms with Crippen LogP contribution in [0.5, 0.6) is 5.75 Å². The first-order valence-corrected chi connectivity index (χ1v) is 5.92. The number of aromatic nitrogens is 1. The summed E-state index contributed by atoms with van der Waals surface area (Å²) in [5, 5.41) is 0. The van der Waals surface area contributed by atoms with Crippen molar-refractivity contribution in [2.75, 3.05) is 20.3 Å². The number of ether oxygens (including phenoxy) is 2. The summed E-state index contributed by atoms with van der Waals surface area (Å²) in [6, 6.07) is -0.0198. The fourth-order valence-corrected chi connectivity index (χ4v) is 1.85. The molecule has 17 heavy (non-hydrogen) atoms. The summed E-state index contributed by atoms with van der Waals surface area (Å²) < 4.78 is 10.7. The molecule has 0 saturated heterocycles. The normalized spacial score (nSPS) is 12.5. The molecule has 0 fully saturated rings. The van der Waals surface area contributed by atoms with Crippen LogP contribution in [0.15, 0.2) is 6.20 Å². The number of methoxy groups -OCH3 is 1. The molecule has 0 aliphatic heterocycles. The lowest BCUT2D eigenvalue weighted by Gasteiger charge is -2.15. The van der Waals surface area contributed by atoms with E-state index < -0.39 is 0 Å². The number of nitrogens with two attached hydrogens (primary N) is 1. The molecule has 1 aromatic rings. The minimum atomic E-state index is -0.0198. The van der Waals surface area contributed by atoms with Crippen LogP contribution in [0.2, 0.25) is 0 Å². The lowest BCUT2D eigenvalue weighted by molar-refractivity contribution is 0.133. The maximum absolute atomic E-state index is 5.98. The van der Waals surface area contributed by atoms with Gasteiger partial charge in [-0.2, -0.15) is 0 Å². The van der Waals surface area contributed by atoms with Gasteiger partial charge >= 0.3 is 0 Å². The van der Waals surface area contributed by atoms with E-state index in [4.69, 9.17) is 15.2 Å². The highest BCUT2D eigenvalue weighted by Crippen LogP contribution is 2.24. The van der Waals surface area contributed by atoms with Gasteiger partial charge in [-0.25, -0.2) is 0 Å². The zero-order valence-corrected chi connectivity index (χ0v) is 11.1. The Balaban J connectivity index is 2.78. The number of aryl methyl sites for hydroxylation is 1. The zero-order valence-electron chi connectivity index (χ0n) is 11.1. The van der Waals surface area contributed by atoms with Crippen molar-refractivity contribution in [1.29, 1.82) is 0 Å². The molecular weight excluding hydrogens is 216 g/mol. The highest BCUT2D eigenvalue weighted by Gasteiger charge is 2.12. The van der Waals surface area contributed by atoms with Crippen LogP contribution in [0, 0.1) is 13.8 Å². The molecular formula is C13H22N2O2. The van der Waals surface area contributed by atoms with Crippen LogP contribution in [-0.4, -0.2) is 31.3 Å². The maximum Gasteiger partial charge on any atom is 0.128 e. The summed E-state index contributed by atoms with van der Waals surface area (Å²) in [5.41, 5.74) is 9.09. The molecule has 0 saturated carbocycles. The number of rotatable bonds is 6. The molecule has 0 aromatic carbocycles. The van der Waals surface area contributed by atoms with Crippen molar-refractivity contribution < 1.29 is 9.47 Å². The van der Waals surface area contributed by atoms with E-state index in [2.05, 4.69) is 4.98 Å². The van der Waals surface area contributed by atoms with Crippen LogP contribution in [0.4, 0.5) is 0 Å². The first kappa shape index (κ1) is 13.9. The van der Waals surface area contributed by atoms with E-state index in [1.807, 2.05) is 27.0 Å². The third-order valence-corrected chi connectivity index (χ3v) is 2.74. The van der Waals surface area contributed by atoms with Crippen LogP contribution < -0.4 is 10.5 Å². The molecule has 4 nitrogen and oxygen atoms in total. The summed E-state index contributed by atoms with van der Waals surface area (Å²) in [7, 11) is 1.68. The second kappa shape index (κ2) is 6.57. The summed E-state index contributed by atoms with van der Waals surface area (Å²) in [6.45, 7) is 7.22. The Morgan fingerprint density at radius 1 is 1.41 bits per heavy atom. The monoisotopic (exact) mass is 238 g/mol. The van der Waals surface area contributed by atoms with E-state index in [9.17, 15) is 0 Å². The Hall–Kier alpha value is -1.13. The molecule has 0 radical (unpaired) electrons. The van der Waals surface area contributed by atoms with Crippen molar-refractivity contribution >= 4 is 0 Å². The highest BCUT2D eigenvalue weighted by molar-refractivity contribution is 5.41.